The molecule has 5 aromatic carbocycles. The zero-order valence-electron chi connectivity index (χ0n) is 42.4. The Morgan fingerprint density at radius 1 is 0.329 bits per heavy atom. The molecule has 76 heavy (non-hydrogen) atoms. The van der Waals surface area contributed by atoms with Gasteiger partial charge in [0.05, 0.1) is 9.75 Å². The van der Waals surface area contributed by atoms with Crippen LogP contribution in [-0.4, -0.2) is 46.5 Å². The third-order valence-corrected chi connectivity index (χ3v) is 22.0. The summed E-state index contributed by atoms with van der Waals surface area (Å²) >= 11 is 10.3. The Morgan fingerprint density at radius 3 is 1.08 bits per heavy atom. The average molecular weight is 1110 g/mol. The summed E-state index contributed by atoms with van der Waals surface area (Å²) in [4.78, 5) is 73.0. The summed E-state index contributed by atoms with van der Waals surface area (Å²) in [5.41, 5.74) is 5.90. The number of carbonyl (C=O) groups excluding carboxylic acids is 4. The first-order valence-corrected chi connectivity index (χ1v) is 31.9. The van der Waals surface area contributed by atoms with Crippen LogP contribution in [0, 0.1) is 0 Å². The molecule has 13 rings (SSSR count). The third-order valence-electron chi connectivity index (χ3n) is 15.5. The molecule has 0 bridgehead atoms. The summed E-state index contributed by atoms with van der Waals surface area (Å²) in [6, 6.07) is 33.8. The number of carbonyl (C=O) groups is 4. The number of thiophene rings is 6. The lowest BCUT2D eigenvalue weighted by atomic mass is 9.77. The number of benzene rings is 5. The summed E-state index contributed by atoms with van der Waals surface area (Å²) in [6.45, 7) is 5.14. The SMILES string of the molecule is CCCCCCCCN1C(=O)c2ccc3c4c(-c5cc(-c6cccs6)sc5-c5cccs5)cc5c6c(ccc(c7c(-c8cc(-c9cccs9)sc8-c8cccs8)cc(c2c37)C1=O)c64)C(=O)N(CCCCCCCC)C5=O. The van der Waals surface area contributed by atoms with Crippen LogP contribution in [0.3, 0.4) is 0 Å². The Morgan fingerprint density at radius 2 is 0.697 bits per heavy atom. The van der Waals surface area contributed by atoms with Gasteiger partial charge in [0.25, 0.3) is 23.6 Å². The highest BCUT2D eigenvalue weighted by atomic mass is 32.1. The van der Waals surface area contributed by atoms with E-state index in [1.807, 2.05) is 12.1 Å². The molecular formula is C64H54N2O4S6. The van der Waals surface area contributed by atoms with Crippen LogP contribution in [0.2, 0.25) is 0 Å². The molecule has 4 amide bonds. The average Bonchev–Trinajstić information content (AvgIpc) is 4.42. The maximum atomic E-state index is 15.4. The zero-order valence-corrected chi connectivity index (χ0v) is 47.3. The van der Waals surface area contributed by atoms with Crippen LogP contribution in [0.1, 0.15) is 132 Å². The van der Waals surface area contributed by atoms with Gasteiger partial charge in [-0.15, -0.1) is 68.0 Å². The molecular weight excluding hydrogens is 1050 g/mol. The van der Waals surface area contributed by atoms with E-state index in [1.165, 1.54) is 22.6 Å². The maximum absolute atomic E-state index is 15.4. The highest BCUT2D eigenvalue weighted by Gasteiger charge is 2.39. The maximum Gasteiger partial charge on any atom is 0.261 e. The van der Waals surface area contributed by atoms with Crippen molar-refractivity contribution in [2.75, 3.05) is 13.1 Å². The van der Waals surface area contributed by atoms with E-state index in [0.717, 1.165) is 158 Å². The summed E-state index contributed by atoms with van der Waals surface area (Å²) < 4.78 is 0. The van der Waals surface area contributed by atoms with Gasteiger partial charge in [-0.1, -0.05) is 114 Å². The van der Waals surface area contributed by atoms with E-state index in [4.69, 9.17) is 0 Å². The Hall–Kier alpha value is -6.12. The summed E-state index contributed by atoms with van der Waals surface area (Å²) in [5.74, 6) is -1.05. The van der Waals surface area contributed by atoms with E-state index in [0.29, 0.717) is 46.1 Å². The number of nitrogens with zero attached hydrogens (tertiary/aromatic N) is 2. The second-order valence-corrected chi connectivity index (χ2v) is 26.1. The van der Waals surface area contributed by atoms with Gasteiger partial charge in [-0.3, -0.25) is 29.0 Å². The van der Waals surface area contributed by atoms with E-state index in [2.05, 4.69) is 120 Å². The first-order chi connectivity index (χ1) is 37.3. The topological polar surface area (TPSA) is 74.8 Å². The molecule has 0 fully saturated rings. The second kappa shape index (κ2) is 20.7. The molecule has 8 heterocycles. The monoisotopic (exact) mass is 1110 g/mol. The van der Waals surface area contributed by atoms with Gasteiger partial charge >= 0.3 is 0 Å². The predicted molar refractivity (Wildman–Crippen MR) is 325 cm³/mol. The van der Waals surface area contributed by atoms with E-state index >= 15 is 19.2 Å². The molecule has 0 atom stereocenters. The Bertz CT molecular complexity index is 3750. The van der Waals surface area contributed by atoms with Crippen LogP contribution in [0.15, 0.2) is 119 Å². The fourth-order valence-electron chi connectivity index (χ4n) is 11.9. The molecule has 2 aliphatic rings. The molecule has 6 aromatic heterocycles. The van der Waals surface area contributed by atoms with Crippen molar-refractivity contribution in [3.05, 3.63) is 141 Å². The van der Waals surface area contributed by atoms with Gasteiger partial charge in [-0.2, -0.15) is 0 Å². The van der Waals surface area contributed by atoms with Crippen molar-refractivity contribution in [1.29, 1.82) is 0 Å². The molecule has 380 valence electrons. The predicted octanol–water partition coefficient (Wildman–Crippen LogP) is 20.0. The lowest BCUT2D eigenvalue weighted by Crippen LogP contribution is -2.41. The van der Waals surface area contributed by atoms with Crippen molar-refractivity contribution in [1.82, 2.24) is 9.80 Å². The zero-order chi connectivity index (χ0) is 51.6. The Balaban J connectivity index is 1.13. The van der Waals surface area contributed by atoms with Crippen LogP contribution in [-0.2, 0) is 0 Å². The van der Waals surface area contributed by atoms with Crippen LogP contribution in [0.25, 0.3) is 104 Å². The molecule has 0 aliphatic carbocycles. The largest absolute Gasteiger partial charge is 0.274 e. The molecule has 0 saturated carbocycles. The van der Waals surface area contributed by atoms with E-state index < -0.39 is 0 Å². The van der Waals surface area contributed by atoms with Gasteiger partial charge in [0, 0.05) is 86.5 Å². The van der Waals surface area contributed by atoms with Crippen molar-refractivity contribution < 1.29 is 19.2 Å². The van der Waals surface area contributed by atoms with Gasteiger partial charge < -0.3 is 0 Å². The molecule has 11 aromatic rings. The number of hydrogen-bond donors (Lipinski definition) is 0. The second-order valence-electron chi connectivity index (χ2n) is 20.2. The fourth-order valence-corrected chi connectivity index (χ4v) is 17.7. The first-order valence-electron chi connectivity index (χ1n) is 26.8. The summed E-state index contributed by atoms with van der Waals surface area (Å²) in [7, 11) is 0. The quantitative estimate of drug-likeness (QED) is 0.0330. The molecule has 0 spiro atoms. The third kappa shape index (κ3) is 8.25. The van der Waals surface area contributed by atoms with Crippen LogP contribution < -0.4 is 0 Å². The van der Waals surface area contributed by atoms with Gasteiger partial charge in [0.2, 0.25) is 0 Å². The van der Waals surface area contributed by atoms with Gasteiger partial charge in [0.1, 0.15) is 0 Å². The first kappa shape index (κ1) is 49.5. The number of unbranched alkanes of at least 4 members (excludes halogenated alkanes) is 10. The Kier molecular flexibility index (Phi) is 13.5. The van der Waals surface area contributed by atoms with Crippen LogP contribution >= 0.6 is 68.0 Å². The summed E-state index contributed by atoms with van der Waals surface area (Å²) in [5, 5.41) is 15.1. The highest BCUT2D eigenvalue weighted by Crippen LogP contribution is 2.56. The van der Waals surface area contributed by atoms with Crippen molar-refractivity contribution >= 4 is 135 Å². The minimum Gasteiger partial charge on any atom is -0.274 e. The highest BCUT2D eigenvalue weighted by molar-refractivity contribution is 7.27. The molecule has 0 unspecified atom stereocenters. The molecule has 2 aliphatic heterocycles. The van der Waals surface area contributed by atoms with Crippen molar-refractivity contribution in [3.63, 3.8) is 0 Å². The smallest absolute Gasteiger partial charge is 0.261 e. The van der Waals surface area contributed by atoms with Gasteiger partial charge in [-0.25, -0.2) is 0 Å². The molecule has 0 radical (unpaired) electrons. The lowest BCUT2D eigenvalue weighted by Gasteiger charge is -2.32. The number of amides is 4. The number of fused-ring (bicyclic) bond motifs is 2. The lowest BCUT2D eigenvalue weighted by molar-refractivity contribution is 0.0592. The molecule has 6 nitrogen and oxygen atoms in total. The minimum absolute atomic E-state index is 0.262. The van der Waals surface area contributed by atoms with Crippen molar-refractivity contribution in [2.45, 2.75) is 90.9 Å². The standard InChI is InChI=1S/C64H54N2O4S6/c1-3-5-7-9-11-13-27-65-61(67)39-25-23-37-54-42(44-36-52(48-20-16-30-72-48)76-60(44)50-22-18-32-74-50)34-46-56-40(62(68)66(64(46)70)28-14-12-10-8-6-4-2)26-24-38(58(54)56)53-41(33-45(63(65)69)55(39)57(37)53)43-35-51(47-19-15-29-71-47)75-59(43)49-21-17-31-73-49/h15-26,29-36H,3-14,27-28H2,1-2H3. The number of hydrogen-bond acceptors (Lipinski definition) is 10. The molecule has 12 heteroatoms. The van der Waals surface area contributed by atoms with E-state index in [1.54, 1.807) is 68.0 Å². The normalized spacial score (nSPS) is 13.7. The van der Waals surface area contributed by atoms with Gasteiger partial charge in [0.15, 0.2) is 0 Å². The molecule has 0 N–H and O–H groups in total. The fraction of sp³-hybridized carbons (Fsp3) is 0.250. The van der Waals surface area contributed by atoms with E-state index in [-0.39, 0.29) is 23.6 Å². The van der Waals surface area contributed by atoms with Crippen molar-refractivity contribution in [2.24, 2.45) is 0 Å². The van der Waals surface area contributed by atoms with Gasteiger partial charge in [-0.05, 0) is 138 Å². The number of rotatable bonds is 20. The summed E-state index contributed by atoms with van der Waals surface area (Å²) in [6.07, 6.45) is 12.5. The van der Waals surface area contributed by atoms with Crippen LogP contribution in [0.4, 0.5) is 0 Å². The van der Waals surface area contributed by atoms with Crippen LogP contribution in [0.5, 0.6) is 0 Å². The van der Waals surface area contributed by atoms with Crippen molar-refractivity contribution in [3.8, 4) is 61.3 Å². The number of imide groups is 2. The van der Waals surface area contributed by atoms with E-state index in [9.17, 15) is 0 Å². The molecule has 0 saturated heterocycles. The Labute approximate surface area is 466 Å². The minimum atomic E-state index is -0.265.